The fraction of sp³-hybridized carbons (Fsp3) is 0.579. The number of nitrogens with zero attached hydrogens (tertiary/aromatic N) is 4. The number of carbonyl (C=O) groups excluding carboxylic acids is 1. The summed E-state index contributed by atoms with van der Waals surface area (Å²) in [6, 6.07) is 5.17. The molecule has 2 rings (SSSR count). The van der Waals surface area contributed by atoms with Crippen LogP contribution in [0.3, 0.4) is 0 Å². The molecule has 1 N–H and O–H groups in total. The van der Waals surface area contributed by atoms with Crippen molar-refractivity contribution in [2.75, 3.05) is 53.4 Å². The Morgan fingerprint density at radius 3 is 2.29 bits per heavy atom. The third kappa shape index (κ3) is 6.40. The van der Waals surface area contributed by atoms with Crippen LogP contribution in [0, 0.1) is 0 Å². The number of halogens is 3. The Morgan fingerprint density at radius 1 is 1.18 bits per heavy atom. The molecule has 1 aromatic rings. The first-order valence-corrected chi connectivity index (χ1v) is 9.26. The van der Waals surface area contributed by atoms with E-state index in [1.807, 2.05) is 16.8 Å². The number of hydrogen-bond acceptors (Lipinski definition) is 3. The Kier molecular flexibility index (Phi) is 7.68. The van der Waals surface area contributed by atoms with Gasteiger partial charge in [-0.2, -0.15) is 13.2 Å². The SMILES string of the molecule is CN=C(NCCN1CCN(C(C)=O)CC1)N(C)Cc1ccc(C(F)(F)F)cc1. The normalized spacial score (nSPS) is 16.2. The average molecular weight is 399 g/mol. The number of benzene rings is 1. The lowest BCUT2D eigenvalue weighted by Crippen LogP contribution is -2.50. The second kappa shape index (κ2) is 9.77. The molecular weight excluding hydrogens is 371 g/mol. The first kappa shape index (κ1) is 22.0. The van der Waals surface area contributed by atoms with Crippen LogP contribution in [0.25, 0.3) is 0 Å². The van der Waals surface area contributed by atoms with Crippen molar-refractivity contribution in [3.05, 3.63) is 35.4 Å². The summed E-state index contributed by atoms with van der Waals surface area (Å²) in [6.07, 6.45) is -4.32. The zero-order valence-electron chi connectivity index (χ0n) is 16.6. The minimum Gasteiger partial charge on any atom is -0.355 e. The van der Waals surface area contributed by atoms with Gasteiger partial charge in [-0.25, -0.2) is 0 Å². The Morgan fingerprint density at radius 2 is 1.79 bits per heavy atom. The topological polar surface area (TPSA) is 51.2 Å². The van der Waals surface area contributed by atoms with Gasteiger partial charge in [0, 0.05) is 66.8 Å². The van der Waals surface area contributed by atoms with E-state index in [0.29, 0.717) is 19.0 Å². The molecule has 0 bridgehead atoms. The summed E-state index contributed by atoms with van der Waals surface area (Å²) >= 11 is 0. The quantitative estimate of drug-likeness (QED) is 0.607. The fourth-order valence-corrected chi connectivity index (χ4v) is 3.14. The highest BCUT2D eigenvalue weighted by molar-refractivity contribution is 5.79. The highest BCUT2D eigenvalue weighted by Gasteiger charge is 2.30. The Hall–Kier alpha value is -2.29. The number of nitrogens with one attached hydrogen (secondary N) is 1. The van der Waals surface area contributed by atoms with E-state index in [2.05, 4.69) is 15.2 Å². The summed E-state index contributed by atoms with van der Waals surface area (Å²) in [5, 5.41) is 3.28. The van der Waals surface area contributed by atoms with Crippen LogP contribution < -0.4 is 5.32 Å². The van der Waals surface area contributed by atoms with Crippen molar-refractivity contribution in [2.24, 2.45) is 4.99 Å². The minimum absolute atomic E-state index is 0.114. The molecule has 1 fully saturated rings. The van der Waals surface area contributed by atoms with Crippen molar-refractivity contribution < 1.29 is 18.0 Å². The molecule has 0 radical (unpaired) electrons. The van der Waals surface area contributed by atoms with Crippen LogP contribution in [-0.4, -0.2) is 79.9 Å². The largest absolute Gasteiger partial charge is 0.416 e. The lowest BCUT2D eigenvalue weighted by atomic mass is 10.1. The van der Waals surface area contributed by atoms with E-state index in [4.69, 9.17) is 0 Å². The van der Waals surface area contributed by atoms with Crippen LogP contribution in [0.1, 0.15) is 18.1 Å². The molecule has 1 aliphatic rings. The second-order valence-corrected chi connectivity index (χ2v) is 6.87. The molecule has 0 spiro atoms. The third-order valence-electron chi connectivity index (χ3n) is 4.80. The Labute approximate surface area is 164 Å². The number of piperazine rings is 1. The van der Waals surface area contributed by atoms with E-state index in [9.17, 15) is 18.0 Å². The summed E-state index contributed by atoms with van der Waals surface area (Å²) in [7, 11) is 3.52. The smallest absolute Gasteiger partial charge is 0.355 e. The van der Waals surface area contributed by atoms with Crippen molar-refractivity contribution in [1.29, 1.82) is 0 Å². The molecule has 1 aliphatic heterocycles. The van der Waals surface area contributed by atoms with Crippen LogP contribution in [0.4, 0.5) is 13.2 Å². The Bertz CT molecular complexity index is 667. The van der Waals surface area contributed by atoms with Gasteiger partial charge < -0.3 is 15.1 Å². The highest BCUT2D eigenvalue weighted by Crippen LogP contribution is 2.29. The lowest BCUT2D eigenvalue weighted by molar-refractivity contribution is -0.137. The minimum atomic E-state index is -4.32. The maximum Gasteiger partial charge on any atom is 0.416 e. The summed E-state index contributed by atoms with van der Waals surface area (Å²) < 4.78 is 38.0. The van der Waals surface area contributed by atoms with Gasteiger partial charge in [0.2, 0.25) is 5.91 Å². The molecule has 0 unspecified atom stereocenters. The van der Waals surface area contributed by atoms with Crippen LogP contribution >= 0.6 is 0 Å². The van der Waals surface area contributed by atoms with E-state index >= 15 is 0 Å². The van der Waals surface area contributed by atoms with Gasteiger partial charge in [0.25, 0.3) is 0 Å². The fourth-order valence-electron chi connectivity index (χ4n) is 3.14. The molecule has 28 heavy (non-hydrogen) atoms. The summed E-state index contributed by atoms with van der Waals surface area (Å²) in [5.41, 5.74) is 0.130. The number of hydrogen-bond donors (Lipinski definition) is 1. The average Bonchev–Trinajstić information content (AvgIpc) is 2.65. The van der Waals surface area contributed by atoms with Gasteiger partial charge in [-0.3, -0.25) is 14.7 Å². The van der Waals surface area contributed by atoms with Crippen molar-refractivity contribution in [3.63, 3.8) is 0 Å². The third-order valence-corrected chi connectivity index (χ3v) is 4.80. The van der Waals surface area contributed by atoms with Gasteiger partial charge in [0.05, 0.1) is 5.56 Å². The molecule has 1 saturated heterocycles. The number of rotatable bonds is 5. The summed E-state index contributed by atoms with van der Waals surface area (Å²) in [5.74, 6) is 0.797. The summed E-state index contributed by atoms with van der Waals surface area (Å²) in [4.78, 5) is 21.6. The number of aliphatic imine (C=N–C) groups is 1. The predicted molar refractivity (Wildman–Crippen MR) is 103 cm³/mol. The molecule has 0 aromatic heterocycles. The highest BCUT2D eigenvalue weighted by atomic mass is 19.4. The first-order chi connectivity index (χ1) is 13.2. The predicted octanol–water partition coefficient (Wildman–Crippen LogP) is 1.88. The zero-order chi connectivity index (χ0) is 20.7. The standard InChI is InChI=1S/C19H28F3N5O/c1-15(28)27-12-10-26(11-13-27)9-8-24-18(23-2)25(3)14-16-4-6-17(7-5-16)19(20,21)22/h4-7H,8-14H2,1-3H3,(H,23,24). The van der Waals surface area contributed by atoms with Gasteiger partial charge in [-0.1, -0.05) is 12.1 Å². The molecule has 0 aliphatic carbocycles. The molecule has 0 saturated carbocycles. The van der Waals surface area contributed by atoms with Crippen molar-refractivity contribution >= 4 is 11.9 Å². The molecule has 156 valence electrons. The van der Waals surface area contributed by atoms with E-state index in [1.54, 1.807) is 14.0 Å². The van der Waals surface area contributed by atoms with Crippen LogP contribution in [0.2, 0.25) is 0 Å². The monoisotopic (exact) mass is 399 g/mol. The van der Waals surface area contributed by atoms with Gasteiger partial charge in [0.1, 0.15) is 0 Å². The summed E-state index contributed by atoms with van der Waals surface area (Å²) in [6.45, 7) is 6.77. The van der Waals surface area contributed by atoms with Crippen molar-refractivity contribution in [3.8, 4) is 0 Å². The lowest BCUT2D eigenvalue weighted by Gasteiger charge is -2.34. The van der Waals surface area contributed by atoms with E-state index in [-0.39, 0.29) is 5.91 Å². The maximum atomic E-state index is 12.7. The van der Waals surface area contributed by atoms with Crippen molar-refractivity contribution in [1.82, 2.24) is 20.0 Å². The molecule has 0 atom stereocenters. The number of alkyl halides is 3. The number of guanidine groups is 1. The van der Waals surface area contributed by atoms with E-state index in [0.717, 1.165) is 50.4 Å². The molecule has 1 amide bonds. The van der Waals surface area contributed by atoms with Gasteiger partial charge in [-0.15, -0.1) is 0 Å². The molecule has 1 aromatic carbocycles. The number of carbonyl (C=O) groups is 1. The van der Waals surface area contributed by atoms with E-state index < -0.39 is 11.7 Å². The first-order valence-electron chi connectivity index (χ1n) is 9.26. The zero-order valence-corrected chi connectivity index (χ0v) is 16.6. The van der Waals surface area contributed by atoms with Crippen LogP contribution in [0.5, 0.6) is 0 Å². The van der Waals surface area contributed by atoms with Gasteiger partial charge >= 0.3 is 6.18 Å². The van der Waals surface area contributed by atoms with Crippen LogP contribution in [-0.2, 0) is 17.5 Å². The maximum absolute atomic E-state index is 12.7. The van der Waals surface area contributed by atoms with Crippen molar-refractivity contribution in [2.45, 2.75) is 19.6 Å². The Balaban J connectivity index is 1.77. The molecular formula is C19H28F3N5O. The molecule has 1 heterocycles. The molecule has 6 nitrogen and oxygen atoms in total. The van der Waals surface area contributed by atoms with E-state index in [1.165, 1.54) is 12.1 Å². The second-order valence-electron chi connectivity index (χ2n) is 6.87. The number of amides is 1. The molecule has 9 heteroatoms. The van der Waals surface area contributed by atoms with Crippen LogP contribution in [0.15, 0.2) is 29.3 Å². The van der Waals surface area contributed by atoms with Gasteiger partial charge in [0.15, 0.2) is 5.96 Å². The van der Waals surface area contributed by atoms with Gasteiger partial charge in [-0.05, 0) is 17.7 Å².